The maximum absolute atomic E-state index is 12.5. The molecule has 0 radical (unpaired) electrons. The van der Waals surface area contributed by atoms with Crippen LogP contribution in [0.15, 0.2) is 24.3 Å². The van der Waals surface area contributed by atoms with Gasteiger partial charge in [0.25, 0.3) is 5.91 Å². The third-order valence-corrected chi connectivity index (χ3v) is 4.05. The number of carbonyl (C=O) groups is 2. The monoisotopic (exact) mass is 317 g/mol. The van der Waals surface area contributed by atoms with Crippen LogP contribution in [0, 0.1) is 0 Å². The lowest BCUT2D eigenvalue weighted by Gasteiger charge is -2.21. The SMILES string of the molecule is CCCN(CCC)C(=O)c1ccc(NC(=O)N2CCCC2)cc1. The first kappa shape index (κ1) is 17.3. The average Bonchev–Trinajstić information content (AvgIpc) is 3.09. The first-order valence-electron chi connectivity index (χ1n) is 8.61. The van der Waals surface area contributed by atoms with E-state index in [1.807, 2.05) is 9.80 Å². The number of likely N-dealkylation sites (tertiary alicyclic amines) is 1. The molecule has 3 amide bonds. The molecule has 0 spiro atoms. The third kappa shape index (κ3) is 4.71. The summed E-state index contributed by atoms with van der Waals surface area (Å²) in [5.74, 6) is 0.0612. The molecule has 1 N–H and O–H groups in total. The van der Waals surface area contributed by atoms with Gasteiger partial charge in [0, 0.05) is 37.4 Å². The second kappa shape index (κ2) is 8.56. The van der Waals surface area contributed by atoms with Crippen molar-refractivity contribution < 1.29 is 9.59 Å². The van der Waals surface area contributed by atoms with Gasteiger partial charge in [-0.2, -0.15) is 0 Å². The fourth-order valence-electron chi connectivity index (χ4n) is 2.86. The maximum atomic E-state index is 12.5. The van der Waals surface area contributed by atoms with Crippen molar-refractivity contribution in [1.29, 1.82) is 0 Å². The van der Waals surface area contributed by atoms with Gasteiger partial charge in [-0.05, 0) is 49.9 Å². The van der Waals surface area contributed by atoms with Crippen LogP contribution in [0.1, 0.15) is 49.9 Å². The highest BCUT2D eigenvalue weighted by Crippen LogP contribution is 2.15. The summed E-state index contributed by atoms with van der Waals surface area (Å²) < 4.78 is 0. The lowest BCUT2D eigenvalue weighted by molar-refractivity contribution is 0.0755. The zero-order valence-corrected chi connectivity index (χ0v) is 14.2. The highest BCUT2D eigenvalue weighted by molar-refractivity contribution is 5.95. The summed E-state index contributed by atoms with van der Waals surface area (Å²) in [6.45, 7) is 7.36. The van der Waals surface area contributed by atoms with Gasteiger partial charge in [0.15, 0.2) is 0 Å². The Morgan fingerprint density at radius 3 is 2.13 bits per heavy atom. The molecule has 1 saturated heterocycles. The van der Waals surface area contributed by atoms with E-state index in [4.69, 9.17) is 0 Å². The second-order valence-electron chi connectivity index (χ2n) is 5.99. The van der Waals surface area contributed by atoms with Crippen molar-refractivity contribution in [2.75, 3.05) is 31.5 Å². The van der Waals surface area contributed by atoms with Gasteiger partial charge in [-0.25, -0.2) is 4.79 Å². The molecule has 126 valence electrons. The van der Waals surface area contributed by atoms with Crippen LogP contribution >= 0.6 is 0 Å². The summed E-state index contributed by atoms with van der Waals surface area (Å²) in [5, 5.41) is 2.89. The molecule has 5 heteroatoms. The van der Waals surface area contributed by atoms with Crippen molar-refractivity contribution in [3.05, 3.63) is 29.8 Å². The standard InChI is InChI=1S/C18H27N3O2/c1-3-11-20(12-4-2)17(22)15-7-9-16(10-8-15)19-18(23)21-13-5-6-14-21/h7-10H,3-6,11-14H2,1-2H3,(H,19,23). The number of rotatable bonds is 6. The average molecular weight is 317 g/mol. The fourth-order valence-corrected chi connectivity index (χ4v) is 2.86. The summed E-state index contributed by atoms with van der Waals surface area (Å²) in [4.78, 5) is 28.3. The van der Waals surface area contributed by atoms with E-state index in [-0.39, 0.29) is 11.9 Å². The molecule has 0 aliphatic carbocycles. The molecule has 0 atom stereocenters. The van der Waals surface area contributed by atoms with Gasteiger partial charge in [-0.3, -0.25) is 4.79 Å². The predicted octanol–water partition coefficient (Wildman–Crippen LogP) is 3.58. The molecule has 1 aliphatic heterocycles. The Bertz CT molecular complexity index is 516. The second-order valence-corrected chi connectivity index (χ2v) is 5.99. The molecule has 1 aromatic rings. The highest BCUT2D eigenvalue weighted by atomic mass is 16.2. The van der Waals surface area contributed by atoms with Crippen molar-refractivity contribution in [2.45, 2.75) is 39.5 Å². The van der Waals surface area contributed by atoms with E-state index in [1.165, 1.54) is 0 Å². The molecule has 0 unspecified atom stereocenters. The molecule has 1 aliphatic rings. The van der Waals surface area contributed by atoms with Crippen molar-refractivity contribution in [1.82, 2.24) is 9.80 Å². The largest absolute Gasteiger partial charge is 0.339 e. The van der Waals surface area contributed by atoms with Gasteiger partial charge in [-0.15, -0.1) is 0 Å². The number of benzene rings is 1. The van der Waals surface area contributed by atoms with Crippen LogP contribution in [0.2, 0.25) is 0 Å². The van der Waals surface area contributed by atoms with Gasteiger partial charge >= 0.3 is 6.03 Å². The number of anilines is 1. The molecule has 5 nitrogen and oxygen atoms in total. The van der Waals surface area contributed by atoms with Crippen LogP contribution in [-0.4, -0.2) is 47.9 Å². The summed E-state index contributed by atoms with van der Waals surface area (Å²) in [6.07, 6.45) is 4.06. The minimum atomic E-state index is -0.0554. The van der Waals surface area contributed by atoms with E-state index in [0.29, 0.717) is 5.56 Å². The Hall–Kier alpha value is -2.04. The summed E-state index contributed by atoms with van der Waals surface area (Å²) in [5.41, 5.74) is 1.40. The third-order valence-electron chi connectivity index (χ3n) is 4.05. The zero-order chi connectivity index (χ0) is 16.7. The molecule has 1 aromatic carbocycles. The molecular weight excluding hydrogens is 290 g/mol. The summed E-state index contributed by atoms with van der Waals surface area (Å²) in [7, 11) is 0. The highest BCUT2D eigenvalue weighted by Gasteiger charge is 2.18. The van der Waals surface area contributed by atoms with E-state index in [9.17, 15) is 9.59 Å². The number of nitrogens with one attached hydrogen (secondary N) is 1. The normalized spacial score (nSPS) is 13.9. The number of amides is 3. The van der Waals surface area contributed by atoms with E-state index < -0.39 is 0 Å². The van der Waals surface area contributed by atoms with E-state index in [2.05, 4.69) is 19.2 Å². The number of urea groups is 1. The van der Waals surface area contributed by atoms with E-state index in [1.54, 1.807) is 24.3 Å². The van der Waals surface area contributed by atoms with E-state index >= 15 is 0 Å². The van der Waals surface area contributed by atoms with Crippen LogP contribution in [0.25, 0.3) is 0 Å². The molecule has 1 heterocycles. The van der Waals surface area contributed by atoms with Crippen molar-refractivity contribution in [3.8, 4) is 0 Å². The molecule has 23 heavy (non-hydrogen) atoms. The maximum Gasteiger partial charge on any atom is 0.321 e. The molecule has 0 saturated carbocycles. The first-order valence-corrected chi connectivity index (χ1v) is 8.61. The Kier molecular flexibility index (Phi) is 6.44. The van der Waals surface area contributed by atoms with Crippen molar-refractivity contribution in [3.63, 3.8) is 0 Å². The van der Waals surface area contributed by atoms with Gasteiger partial charge in [0.1, 0.15) is 0 Å². The summed E-state index contributed by atoms with van der Waals surface area (Å²) in [6, 6.07) is 7.13. The van der Waals surface area contributed by atoms with Gasteiger partial charge in [0.2, 0.25) is 0 Å². The molecule has 0 bridgehead atoms. The van der Waals surface area contributed by atoms with Crippen LogP contribution < -0.4 is 5.32 Å². The Morgan fingerprint density at radius 1 is 1.04 bits per heavy atom. The Balaban J connectivity index is 1.97. The lowest BCUT2D eigenvalue weighted by atomic mass is 10.1. The number of carbonyl (C=O) groups excluding carboxylic acids is 2. The van der Waals surface area contributed by atoms with Gasteiger partial charge in [-0.1, -0.05) is 13.8 Å². The molecule has 2 rings (SSSR count). The van der Waals surface area contributed by atoms with Gasteiger partial charge in [0.05, 0.1) is 0 Å². The quantitative estimate of drug-likeness (QED) is 0.872. The van der Waals surface area contributed by atoms with E-state index in [0.717, 1.165) is 57.5 Å². The summed E-state index contributed by atoms with van der Waals surface area (Å²) >= 11 is 0. The Morgan fingerprint density at radius 2 is 1.61 bits per heavy atom. The minimum absolute atomic E-state index is 0.0554. The van der Waals surface area contributed by atoms with Gasteiger partial charge < -0.3 is 15.1 Å². The molecule has 1 fully saturated rings. The van der Waals surface area contributed by atoms with Crippen LogP contribution in [0.4, 0.5) is 10.5 Å². The zero-order valence-electron chi connectivity index (χ0n) is 14.2. The molecular formula is C18H27N3O2. The topological polar surface area (TPSA) is 52.7 Å². The van der Waals surface area contributed by atoms with Crippen LogP contribution in [0.5, 0.6) is 0 Å². The molecule has 0 aromatic heterocycles. The lowest BCUT2D eigenvalue weighted by Crippen LogP contribution is -2.33. The number of nitrogens with zero attached hydrogens (tertiary/aromatic N) is 2. The van der Waals surface area contributed by atoms with Crippen LogP contribution in [-0.2, 0) is 0 Å². The van der Waals surface area contributed by atoms with Crippen LogP contribution in [0.3, 0.4) is 0 Å². The smallest absolute Gasteiger partial charge is 0.321 e. The number of hydrogen-bond acceptors (Lipinski definition) is 2. The Labute approximate surface area is 138 Å². The number of hydrogen-bond donors (Lipinski definition) is 1. The fraction of sp³-hybridized carbons (Fsp3) is 0.556. The predicted molar refractivity (Wildman–Crippen MR) is 92.8 cm³/mol. The van der Waals surface area contributed by atoms with Crippen molar-refractivity contribution in [2.24, 2.45) is 0 Å². The van der Waals surface area contributed by atoms with Crippen molar-refractivity contribution >= 4 is 17.6 Å². The minimum Gasteiger partial charge on any atom is -0.339 e. The first-order chi connectivity index (χ1) is 11.2.